The van der Waals surface area contributed by atoms with E-state index in [-0.39, 0.29) is 16.9 Å². The van der Waals surface area contributed by atoms with Crippen LogP contribution >= 0.6 is 0 Å². The zero-order valence-electron chi connectivity index (χ0n) is 16.1. The van der Waals surface area contributed by atoms with Crippen molar-refractivity contribution >= 4 is 14.3 Å². The van der Waals surface area contributed by atoms with Crippen molar-refractivity contribution in [2.24, 2.45) is 11.3 Å². The molecule has 0 unspecified atom stereocenters. The Kier molecular flexibility index (Phi) is 7.09. The third-order valence-corrected chi connectivity index (χ3v) is 9.92. The maximum atomic E-state index is 11.9. The third kappa shape index (κ3) is 5.11. The number of hydrogen-bond acceptors (Lipinski definition) is 4. The van der Waals surface area contributed by atoms with Gasteiger partial charge in [-0.15, -0.1) is 0 Å². The number of carbonyl (C=O) groups excluding carboxylic acids is 1. The molecule has 0 bridgehead atoms. The molecule has 1 aliphatic carbocycles. The summed E-state index contributed by atoms with van der Waals surface area (Å²) in [6, 6.07) is 2.48. The minimum atomic E-state index is -1.89. The van der Waals surface area contributed by atoms with Crippen LogP contribution in [0.5, 0.6) is 0 Å². The van der Waals surface area contributed by atoms with Crippen LogP contribution < -0.4 is 0 Å². The second-order valence-corrected chi connectivity index (χ2v) is 13.0. The Labute approximate surface area is 148 Å². The molecule has 2 atom stereocenters. The summed E-state index contributed by atoms with van der Waals surface area (Å²) < 4.78 is 11.2. The van der Waals surface area contributed by atoms with Gasteiger partial charge < -0.3 is 9.16 Å². The highest BCUT2D eigenvalue weighted by atomic mass is 28.4. The summed E-state index contributed by atoms with van der Waals surface area (Å²) >= 11 is 0. The highest BCUT2D eigenvalue weighted by Crippen LogP contribution is 2.44. The average Bonchev–Trinajstić information content (AvgIpc) is 2.48. The number of nitriles is 1. The number of esters is 1. The van der Waals surface area contributed by atoms with E-state index >= 15 is 0 Å². The maximum Gasteiger partial charge on any atom is 0.306 e. The molecule has 136 valence electrons. The number of allylic oxidation sites excluding steroid dienone is 1. The maximum absolute atomic E-state index is 11.9. The lowest BCUT2D eigenvalue weighted by molar-refractivity contribution is -0.145. The number of ether oxygens (including phenoxy) is 1. The minimum absolute atomic E-state index is 0.00886. The lowest BCUT2D eigenvalue weighted by atomic mass is 9.66. The predicted molar refractivity (Wildman–Crippen MR) is 98.7 cm³/mol. The van der Waals surface area contributed by atoms with E-state index in [1.165, 1.54) is 0 Å². The van der Waals surface area contributed by atoms with Crippen LogP contribution in [-0.2, 0) is 14.0 Å². The first-order valence-corrected chi connectivity index (χ1v) is 11.9. The molecule has 1 aliphatic rings. The van der Waals surface area contributed by atoms with Crippen molar-refractivity contribution in [1.82, 2.24) is 0 Å². The van der Waals surface area contributed by atoms with Gasteiger partial charge in [0.1, 0.15) is 0 Å². The van der Waals surface area contributed by atoms with E-state index < -0.39 is 13.7 Å². The van der Waals surface area contributed by atoms with Crippen LogP contribution in [0.4, 0.5) is 0 Å². The fourth-order valence-corrected chi connectivity index (χ4v) is 3.64. The van der Waals surface area contributed by atoms with Gasteiger partial charge in [0.2, 0.25) is 8.32 Å². The largest absolute Gasteiger partial charge is 0.549 e. The second kappa shape index (κ2) is 8.20. The molecule has 0 spiro atoms. The van der Waals surface area contributed by atoms with Crippen LogP contribution in [0.2, 0.25) is 18.1 Å². The summed E-state index contributed by atoms with van der Waals surface area (Å²) in [7, 11) is -1.89. The molecule has 0 radical (unpaired) electrons. The fourth-order valence-electron chi connectivity index (χ4n) is 2.88. The monoisotopic (exact) mass is 351 g/mol. The van der Waals surface area contributed by atoms with Gasteiger partial charge in [0.15, 0.2) is 0 Å². The van der Waals surface area contributed by atoms with Crippen molar-refractivity contribution in [3.63, 3.8) is 0 Å². The van der Waals surface area contributed by atoms with Crippen LogP contribution in [0.15, 0.2) is 12.3 Å². The highest BCUT2D eigenvalue weighted by molar-refractivity contribution is 6.74. The molecule has 0 aromatic rings. The molecule has 1 saturated carbocycles. The van der Waals surface area contributed by atoms with Crippen LogP contribution in [-0.4, -0.2) is 20.9 Å². The Bertz CT molecular complexity index is 502. The summed E-state index contributed by atoms with van der Waals surface area (Å²) in [4.78, 5) is 11.9. The second-order valence-electron chi connectivity index (χ2n) is 8.28. The van der Waals surface area contributed by atoms with E-state index in [0.717, 1.165) is 25.7 Å². The molecular weight excluding hydrogens is 318 g/mol. The van der Waals surface area contributed by atoms with Crippen molar-refractivity contribution in [3.8, 4) is 6.07 Å². The summed E-state index contributed by atoms with van der Waals surface area (Å²) in [5.74, 6) is -0.197. The summed E-state index contributed by atoms with van der Waals surface area (Å²) in [6.45, 7) is 13.1. The third-order valence-electron chi connectivity index (χ3n) is 5.58. The lowest BCUT2D eigenvalue weighted by Crippen LogP contribution is -2.39. The van der Waals surface area contributed by atoms with E-state index in [1.54, 1.807) is 6.26 Å². The first-order chi connectivity index (χ1) is 11.1. The van der Waals surface area contributed by atoms with E-state index in [2.05, 4.69) is 39.9 Å². The normalized spacial score (nSPS) is 25.3. The Balaban J connectivity index is 2.90. The van der Waals surface area contributed by atoms with Gasteiger partial charge >= 0.3 is 5.97 Å². The van der Waals surface area contributed by atoms with Gasteiger partial charge in [-0.2, -0.15) is 5.26 Å². The molecule has 0 amide bonds. The van der Waals surface area contributed by atoms with Crippen molar-refractivity contribution in [2.75, 3.05) is 6.61 Å². The summed E-state index contributed by atoms with van der Waals surface area (Å²) in [5.41, 5.74) is -0.618. The van der Waals surface area contributed by atoms with Gasteiger partial charge in [-0.1, -0.05) is 33.6 Å². The van der Waals surface area contributed by atoms with Crippen LogP contribution in [0.1, 0.15) is 59.8 Å². The average molecular weight is 352 g/mol. The van der Waals surface area contributed by atoms with Gasteiger partial charge in [0.25, 0.3) is 0 Å². The molecule has 0 heterocycles. The van der Waals surface area contributed by atoms with Crippen molar-refractivity contribution in [1.29, 1.82) is 5.26 Å². The highest BCUT2D eigenvalue weighted by Gasteiger charge is 2.42. The number of rotatable bonds is 6. The van der Waals surface area contributed by atoms with E-state index in [9.17, 15) is 10.1 Å². The first kappa shape index (κ1) is 20.8. The predicted octanol–water partition coefficient (Wildman–Crippen LogP) is 5.18. The molecule has 0 aromatic heterocycles. The number of hydrogen-bond donors (Lipinski definition) is 0. The van der Waals surface area contributed by atoms with E-state index in [0.29, 0.717) is 13.0 Å². The Hall–Kier alpha value is -1.28. The van der Waals surface area contributed by atoms with Crippen molar-refractivity contribution in [2.45, 2.75) is 77.9 Å². The Morgan fingerprint density at radius 2 is 2.04 bits per heavy atom. The van der Waals surface area contributed by atoms with Gasteiger partial charge in [-0.3, -0.25) is 4.79 Å². The molecule has 1 rings (SSSR count). The van der Waals surface area contributed by atoms with Gasteiger partial charge in [-0.05, 0) is 49.9 Å². The number of nitrogens with zero attached hydrogens (tertiary/aromatic N) is 1. The van der Waals surface area contributed by atoms with Crippen LogP contribution in [0, 0.1) is 22.7 Å². The molecule has 4 nitrogen and oxygen atoms in total. The molecule has 0 aliphatic heterocycles. The van der Waals surface area contributed by atoms with Crippen molar-refractivity contribution < 1.29 is 14.0 Å². The molecule has 1 fully saturated rings. The molecule has 5 heteroatoms. The standard InChI is InChI=1S/C19H33NO3Si/c1-7-22-17(21)14-16-10-8-9-11-19(16,15-20)12-13-23-24(5,6)18(2,3)4/h12-13,16H,7-11,14H2,1-6H3/b13-12+/t16-,19-/m0/s1. The first-order valence-electron chi connectivity index (χ1n) is 9.00. The molecular formula is C19H33NO3Si. The van der Waals surface area contributed by atoms with Gasteiger partial charge in [-0.25, -0.2) is 0 Å². The number of carbonyl (C=O) groups is 1. The van der Waals surface area contributed by atoms with E-state index in [1.807, 2.05) is 13.0 Å². The summed E-state index contributed by atoms with van der Waals surface area (Å²) in [6.07, 6.45) is 7.70. The van der Waals surface area contributed by atoms with Crippen LogP contribution in [0.25, 0.3) is 0 Å². The topological polar surface area (TPSA) is 59.3 Å². The Morgan fingerprint density at radius 1 is 1.38 bits per heavy atom. The zero-order chi connectivity index (χ0) is 18.4. The molecule has 24 heavy (non-hydrogen) atoms. The molecule has 0 N–H and O–H groups in total. The van der Waals surface area contributed by atoms with Crippen LogP contribution in [0.3, 0.4) is 0 Å². The zero-order valence-corrected chi connectivity index (χ0v) is 17.1. The van der Waals surface area contributed by atoms with Gasteiger partial charge in [0, 0.05) is 0 Å². The SMILES string of the molecule is CCOC(=O)C[C@@H]1CCCC[C@@]1(C#N)/C=C/O[Si](C)(C)C(C)(C)C. The fraction of sp³-hybridized carbons (Fsp3) is 0.789. The smallest absolute Gasteiger partial charge is 0.306 e. The van der Waals surface area contributed by atoms with Gasteiger partial charge in [0.05, 0.1) is 30.8 Å². The summed E-state index contributed by atoms with van der Waals surface area (Å²) in [5, 5.41) is 9.97. The van der Waals surface area contributed by atoms with E-state index in [4.69, 9.17) is 9.16 Å². The van der Waals surface area contributed by atoms with Crippen molar-refractivity contribution in [3.05, 3.63) is 12.3 Å². The molecule has 0 saturated heterocycles. The Morgan fingerprint density at radius 3 is 2.58 bits per heavy atom. The lowest BCUT2D eigenvalue weighted by Gasteiger charge is -2.38. The quantitative estimate of drug-likeness (QED) is 0.376. The molecule has 0 aromatic carbocycles. The minimum Gasteiger partial charge on any atom is -0.549 e.